The molecule has 0 saturated heterocycles. The molecule has 0 saturated carbocycles. The predicted molar refractivity (Wildman–Crippen MR) is 60.4 cm³/mol. The lowest BCUT2D eigenvalue weighted by Gasteiger charge is -2.06. The Hall–Kier alpha value is -0.610. The van der Waals surface area contributed by atoms with Crippen LogP contribution >= 0.6 is 11.8 Å². The molecule has 1 aromatic heterocycles. The Morgan fingerprint density at radius 2 is 2.07 bits per heavy atom. The third kappa shape index (κ3) is 3.64. The fourth-order valence-corrected chi connectivity index (χ4v) is 1.72. The third-order valence-electron chi connectivity index (χ3n) is 1.94. The van der Waals surface area contributed by atoms with E-state index < -0.39 is 0 Å². The highest BCUT2D eigenvalue weighted by Gasteiger charge is 2.03. The molecule has 0 amide bonds. The van der Waals surface area contributed by atoms with Crippen LogP contribution in [0.3, 0.4) is 0 Å². The van der Waals surface area contributed by atoms with Gasteiger partial charge >= 0.3 is 0 Å². The van der Waals surface area contributed by atoms with Crippen LogP contribution < -0.4 is 5.32 Å². The second-order valence-corrected chi connectivity index (χ2v) is 4.65. The molecule has 0 bridgehead atoms. The van der Waals surface area contributed by atoms with Crippen molar-refractivity contribution in [1.29, 1.82) is 0 Å². The SMILES string of the molecule is CCC(C)Sc1ncc(CNC)cn1. The lowest BCUT2D eigenvalue weighted by molar-refractivity contribution is 0.791. The number of hydrogen-bond donors (Lipinski definition) is 1. The van der Waals surface area contributed by atoms with E-state index in [0.717, 1.165) is 23.7 Å². The number of rotatable bonds is 5. The molecule has 1 N–H and O–H groups in total. The van der Waals surface area contributed by atoms with Gasteiger partial charge in [-0.2, -0.15) is 0 Å². The predicted octanol–water partition coefficient (Wildman–Crippen LogP) is 2.09. The van der Waals surface area contributed by atoms with Gasteiger partial charge in [0, 0.05) is 29.8 Å². The Morgan fingerprint density at radius 1 is 1.43 bits per heavy atom. The molecule has 1 heterocycles. The molecule has 1 atom stereocenters. The molecule has 1 aromatic rings. The molecule has 4 heteroatoms. The summed E-state index contributed by atoms with van der Waals surface area (Å²) in [5, 5.41) is 4.53. The molecular formula is C10H17N3S. The highest BCUT2D eigenvalue weighted by atomic mass is 32.2. The maximum absolute atomic E-state index is 4.30. The van der Waals surface area contributed by atoms with Crippen LogP contribution in [0.4, 0.5) is 0 Å². The molecule has 0 aromatic carbocycles. The molecule has 0 aliphatic heterocycles. The van der Waals surface area contributed by atoms with E-state index in [1.165, 1.54) is 0 Å². The van der Waals surface area contributed by atoms with Gasteiger partial charge in [-0.05, 0) is 13.5 Å². The van der Waals surface area contributed by atoms with Crippen LogP contribution in [0.2, 0.25) is 0 Å². The van der Waals surface area contributed by atoms with E-state index in [0.29, 0.717) is 5.25 Å². The van der Waals surface area contributed by atoms with Gasteiger partial charge in [0.25, 0.3) is 0 Å². The van der Waals surface area contributed by atoms with Crippen LogP contribution in [-0.2, 0) is 6.54 Å². The summed E-state index contributed by atoms with van der Waals surface area (Å²) in [6.07, 6.45) is 4.91. The van der Waals surface area contributed by atoms with Crippen LogP contribution in [0.25, 0.3) is 0 Å². The zero-order chi connectivity index (χ0) is 10.4. The van der Waals surface area contributed by atoms with Gasteiger partial charge in [-0.1, -0.05) is 25.6 Å². The average Bonchev–Trinajstić information content (AvgIpc) is 2.21. The van der Waals surface area contributed by atoms with E-state index in [4.69, 9.17) is 0 Å². The number of nitrogens with zero attached hydrogens (tertiary/aromatic N) is 2. The fourth-order valence-electron chi connectivity index (χ4n) is 0.962. The number of nitrogens with one attached hydrogen (secondary N) is 1. The summed E-state index contributed by atoms with van der Waals surface area (Å²) in [5.74, 6) is 0. The van der Waals surface area contributed by atoms with E-state index in [1.807, 2.05) is 19.4 Å². The molecule has 14 heavy (non-hydrogen) atoms. The summed E-state index contributed by atoms with van der Waals surface area (Å²) in [4.78, 5) is 8.59. The first-order valence-corrected chi connectivity index (χ1v) is 5.76. The second-order valence-electron chi connectivity index (χ2n) is 3.24. The van der Waals surface area contributed by atoms with Crippen molar-refractivity contribution in [3.05, 3.63) is 18.0 Å². The van der Waals surface area contributed by atoms with Gasteiger partial charge in [-0.15, -0.1) is 0 Å². The highest BCUT2D eigenvalue weighted by Crippen LogP contribution is 2.20. The molecule has 1 unspecified atom stereocenters. The zero-order valence-electron chi connectivity index (χ0n) is 8.95. The monoisotopic (exact) mass is 211 g/mol. The standard InChI is InChI=1S/C10H17N3S/c1-4-8(2)14-10-12-6-9(5-11-3)7-13-10/h6-8,11H,4-5H2,1-3H3. The van der Waals surface area contributed by atoms with Crippen molar-refractivity contribution >= 4 is 11.8 Å². The van der Waals surface area contributed by atoms with E-state index in [2.05, 4.69) is 29.1 Å². The van der Waals surface area contributed by atoms with Gasteiger partial charge in [0.05, 0.1) is 0 Å². The highest BCUT2D eigenvalue weighted by molar-refractivity contribution is 7.99. The van der Waals surface area contributed by atoms with Crippen molar-refractivity contribution in [2.24, 2.45) is 0 Å². The number of thioether (sulfide) groups is 1. The van der Waals surface area contributed by atoms with E-state index in [1.54, 1.807) is 11.8 Å². The third-order valence-corrected chi connectivity index (χ3v) is 3.10. The summed E-state index contributed by atoms with van der Waals surface area (Å²) >= 11 is 1.73. The van der Waals surface area contributed by atoms with E-state index >= 15 is 0 Å². The van der Waals surface area contributed by atoms with Crippen molar-refractivity contribution in [3.63, 3.8) is 0 Å². The van der Waals surface area contributed by atoms with Crippen molar-refractivity contribution in [1.82, 2.24) is 15.3 Å². The van der Waals surface area contributed by atoms with Crippen molar-refractivity contribution in [3.8, 4) is 0 Å². The molecule has 3 nitrogen and oxygen atoms in total. The van der Waals surface area contributed by atoms with Crippen molar-refractivity contribution in [2.45, 2.75) is 37.2 Å². The first kappa shape index (κ1) is 11.5. The minimum Gasteiger partial charge on any atom is -0.316 e. The van der Waals surface area contributed by atoms with Crippen LogP contribution in [0.5, 0.6) is 0 Å². The summed E-state index contributed by atoms with van der Waals surface area (Å²) in [7, 11) is 1.92. The van der Waals surface area contributed by atoms with Crippen molar-refractivity contribution < 1.29 is 0 Å². The van der Waals surface area contributed by atoms with E-state index in [9.17, 15) is 0 Å². The van der Waals surface area contributed by atoms with Gasteiger partial charge in [0.1, 0.15) is 0 Å². The maximum Gasteiger partial charge on any atom is 0.187 e. The Balaban J connectivity index is 2.54. The van der Waals surface area contributed by atoms with Crippen LogP contribution in [0.15, 0.2) is 17.6 Å². The van der Waals surface area contributed by atoms with Crippen molar-refractivity contribution in [2.75, 3.05) is 7.05 Å². The lowest BCUT2D eigenvalue weighted by atomic mass is 10.3. The Labute approximate surface area is 89.7 Å². The minimum atomic E-state index is 0.588. The van der Waals surface area contributed by atoms with Crippen LogP contribution in [0.1, 0.15) is 25.8 Å². The lowest BCUT2D eigenvalue weighted by Crippen LogP contribution is -2.06. The van der Waals surface area contributed by atoms with Crippen LogP contribution in [-0.4, -0.2) is 22.3 Å². The minimum absolute atomic E-state index is 0.588. The van der Waals surface area contributed by atoms with Gasteiger partial charge in [-0.25, -0.2) is 9.97 Å². The second kappa shape index (κ2) is 5.98. The fraction of sp³-hybridized carbons (Fsp3) is 0.600. The molecule has 1 rings (SSSR count). The Kier molecular flexibility index (Phi) is 4.90. The number of aromatic nitrogens is 2. The summed E-state index contributed by atoms with van der Waals surface area (Å²) in [6, 6.07) is 0. The van der Waals surface area contributed by atoms with Crippen LogP contribution in [0, 0.1) is 0 Å². The Morgan fingerprint density at radius 3 is 2.57 bits per heavy atom. The first-order valence-electron chi connectivity index (χ1n) is 4.88. The molecule has 0 aliphatic rings. The topological polar surface area (TPSA) is 37.8 Å². The molecular weight excluding hydrogens is 194 g/mol. The Bertz CT molecular complexity index is 261. The number of hydrogen-bond acceptors (Lipinski definition) is 4. The first-order chi connectivity index (χ1) is 6.76. The average molecular weight is 211 g/mol. The summed E-state index contributed by atoms with van der Waals surface area (Å²) < 4.78 is 0. The van der Waals surface area contributed by atoms with Gasteiger partial charge in [0.15, 0.2) is 5.16 Å². The molecule has 0 spiro atoms. The van der Waals surface area contributed by atoms with Gasteiger partial charge < -0.3 is 5.32 Å². The normalized spacial score (nSPS) is 12.8. The molecule has 0 aliphatic carbocycles. The summed E-state index contributed by atoms with van der Waals surface area (Å²) in [5.41, 5.74) is 1.13. The maximum atomic E-state index is 4.30. The molecule has 78 valence electrons. The van der Waals surface area contributed by atoms with Gasteiger partial charge in [0.2, 0.25) is 0 Å². The van der Waals surface area contributed by atoms with Gasteiger partial charge in [-0.3, -0.25) is 0 Å². The quantitative estimate of drug-likeness (QED) is 0.598. The largest absolute Gasteiger partial charge is 0.316 e. The smallest absolute Gasteiger partial charge is 0.187 e. The van der Waals surface area contributed by atoms with E-state index in [-0.39, 0.29) is 0 Å². The zero-order valence-corrected chi connectivity index (χ0v) is 9.77. The molecule has 0 radical (unpaired) electrons. The summed E-state index contributed by atoms with van der Waals surface area (Å²) in [6.45, 7) is 5.19. The molecule has 0 fully saturated rings.